The van der Waals surface area contributed by atoms with Crippen LogP contribution in [0.5, 0.6) is 11.5 Å². The van der Waals surface area contributed by atoms with E-state index in [-0.39, 0.29) is 17.0 Å². The first kappa shape index (κ1) is 14.4. The molecule has 0 aromatic heterocycles. The van der Waals surface area contributed by atoms with Crippen LogP contribution in [-0.2, 0) is 6.18 Å². The van der Waals surface area contributed by atoms with Crippen LogP contribution in [0.25, 0.3) is 0 Å². The van der Waals surface area contributed by atoms with Crippen molar-refractivity contribution >= 4 is 12.6 Å². The molecule has 0 heterocycles. The average Bonchev–Trinajstić information content (AvgIpc) is 2.38. The van der Waals surface area contributed by atoms with Crippen LogP contribution < -0.4 is 10.2 Å². The highest BCUT2D eigenvalue weighted by Crippen LogP contribution is 2.32. The van der Waals surface area contributed by atoms with Crippen molar-refractivity contribution in [1.82, 2.24) is 0 Å². The number of ether oxygens (including phenoxy) is 1. The zero-order chi connectivity index (χ0) is 14.8. The number of halogens is 3. The third-order valence-electron chi connectivity index (χ3n) is 2.55. The summed E-state index contributed by atoms with van der Waals surface area (Å²) >= 11 is 0. The molecule has 0 atom stereocenters. The van der Waals surface area contributed by atoms with Gasteiger partial charge >= 0.3 is 13.3 Å². The van der Waals surface area contributed by atoms with Gasteiger partial charge in [-0.1, -0.05) is 18.2 Å². The maximum Gasteiger partial charge on any atom is 0.488 e. The van der Waals surface area contributed by atoms with E-state index in [9.17, 15) is 13.2 Å². The molecule has 0 bridgehead atoms. The fourth-order valence-electron chi connectivity index (χ4n) is 1.61. The molecule has 0 aliphatic heterocycles. The first-order chi connectivity index (χ1) is 9.36. The first-order valence-corrected chi connectivity index (χ1v) is 5.67. The van der Waals surface area contributed by atoms with Crippen molar-refractivity contribution in [2.45, 2.75) is 6.18 Å². The van der Waals surface area contributed by atoms with E-state index >= 15 is 0 Å². The van der Waals surface area contributed by atoms with Crippen LogP contribution in [-0.4, -0.2) is 17.2 Å². The van der Waals surface area contributed by atoms with Crippen molar-refractivity contribution in [1.29, 1.82) is 0 Å². The Kier molecular flexibility index (Phi) is 4.01. The Labute approximate surface area is 113 Å². The minimum Gasteiger partial charge on any atom is -0.457 e. The minimum atomic E-state index is -4.44. The molecule has 0 amide bonds. The molecule has 0 aliphatic rings. The van der Waals surface area contributed by atoms with Crippen molar-refractivity contribution in [3.05, 3.63) is 54.1 Å². The molecule has 0 unspecified atom stereocenters. The monoisotopic (exact) mass is 282 g/mol. The molecular formula is C13H10BF3O3. The van der Waals surface area contributed by atoms with Crippen LogP contribution in [0, 0.1) is 0 Å². The van der Waals surface area contributed by atoms with Gasteiger partial charge in [-0.2, -0.15) is 13.2 Å². The normalized spacial score (nSPS) is 11.2. The highest BCUT2D eigenvalue weighted by molar-refractivity contribution is 6.58. The minimum absolute atomic E-state index is 0.0180. The van der Waals surface area contributed by atoms with Gasteiger partial charge in [0.25, 0.3) is 0 Å². The fourth-order valence-corrected chi connectivity index (χ4v) is 1.61. The zero-order valence-corrected chi connectivity index (χ0v) is 10.1. The van der Waals surface area contributed by atoms with E-state index in [1.807, 2.05) is 0 Å². The number of benzene rings is 2. The molecule has 0 aliphatic carbocycles. The van der Waals surface area contributed by atoms with E-state index in [2.05, 4.69) is 0 Å². The Hall–Kier alpha value is -1.99. The average molecular weight is 282 g/mol. The molecule has 7 heteroatoms. The van der Waals surface area contributed by atoms with E-state index in [0.29, 0.717) is 0 Å². The fraction of sp³-hybridized carbons (Fsp3) is 0.0769. The Morgan fingerprint density at radius 3 is 2.10 bits per heavy atom. The molecule has 0 radical (unpaired) electrons. The van der Waals surface area contributed by atoms with Gasteiger partial charge in [-0.25, -0.2) is 0 Å². The SMILES string of the molecule is OB(O)c1cccc(Oc2cccc(C(F)(F)F)c2)c1. The molecule has 0 saturated carbocycles. The summed E-state index contributed by atoms with van der Waals surface area (Å²) in [6, 6.07) is 10.3. The van der Waals surface area contributed by atoms with Crippen LogP contribution >= 0.6 is 0 Å². The van der Waals surface area contributed by atoms with Gasteiger partial charge in [0, 0.05) is 0 Å². The maximum absolute atomic E-state index is 12.6. The largest absolute Gasteiger partial charge is 0.488 e. The molecule has 104 valence electrons. The summed E-state index contributed by atoms with van der Waals surface area (Å²) in [6.07, 6.45) is -4.44. The quantitative estimate of drug-likeness (QED) is 0.848. The Bertz CT molecular complexity index is 599. The predicted octanol–water partition coefficient (Wildman–Crippen LogP) is 2.18. The summed E-state index contributed by atoms with van der Waals surface area (Å²) in [5.74, 6) is 0.235. The molecule has 20 heavy (non-hydrogen) atoms. The highest BCUT2D eigenvalue weighted by atomic mass is 19.4. The lowest BCUT2D eigenvalue weighted by molar-refractivity contribution is -0.137. The van der Waals surface area contributed by atoms with Crippen LogP contribution in [0.1, 0.15) is 5.56 Å². The van der Waals surface area contributed by atoms with Crippen molar-refractivity contribution in [2.24, 2.45) is 0 Å². The van der Waals surface area contributed by atoms with E-state index in [1.165, 1.54) is 36.4 Å². The third-order valence-corrected chi connectivity index (χ3v) is 2.55. The van der Waals surface area contributed by atoms with E-state index in [4.69, 9.17) is 14.8 Å². The van der Waals surface area contributed by atoms with E-state index < -0.39 is 18.9 Å². The molecule has 3 nitrogen and oxygen atoms in total. The van der Waals surface area contributed by atoms with Crippen LogP contribution in [0.2, 0.25) is 0 Å². The molecule has 2 N–H and O–H groups in total. The van der Waals surface area contributed by atoms with Crippen molar-refractivity contribution in [3.8, 4) is 11.5 Å². The zero-order valence-electron chi connectivity index (χ0n) is 10.1. The van der Waals surface area contributed by atoms with Gasteiger partial charge in [0.15, 0.2) is 0 Å². The first-order valence-electron chi connectivity index (χ1n) is 5.67. The third kappa shape index (κ3) is 3.52. The van der Waals surface area contributed by atoms with Gasteiger partial charge in [-0.05, 0) is 35.8 Å². The molecule has 2 rings (SSSR count). The topological polar surface area (TPSA) is 49.7 Å². The summed E-state index contributed by atoms with van der Waals surface area (Å²) in [4.78, 5) is 0. The predicted molar refractivity (Wildman–Crippen MR) is 67.8 cm³/mol. The summed E-state index contributed by atoms with van der Waals surface area (Å²) in [5, 5.41) is 18.0. The standard InChI is InChI=1S/C13H10BF3O3/c15-13(16,17)9-3-1-5-11(7-9)20-12-6-2-4-10(8-12)14(18)19/h1-8,18-19H. The van der Waals surface area contributed by atoms with Gasteiger partial charge < -0.3 is 14.8 Å². The molecule has 2 aromatic rings. The van der Waals surface area contributed by atoms with Gasteiger partial charge in [-0.3, -0.25) is 0 Å². The van der Waals surface area contributed by atoms with Crippen molar-refractivity contribution in [2.75, 3.05) is 0 Å². The van der Waals surface area contributed by atoms with Crippen LogP contribution in [0.3, 0.4) is 0 Å². The summed E-state index contributed by atoms with van der Waals surface area (Å²) in [6.45, 7) is 0. The molecule has 0 spiro atoms. The Morgan fingerprint density at radius 2 is 1.50 bits per heavy atom. The summed E-state index contributed by atoms with van der Waals surface area (Å²) < 4.78 is 42.9. The van der Waals surface area contributed by atoms with Gasteiger partial charge in [-0.15, -0.1) is 0 Å². The maximum atomic E-state index is 12.6. The van der Waals surface area contributed by atoms with Crippen molar-refractivity contribution in [3.63, 3.8) is 0 Å². The lowest BCUT2D eigenvalue weighted by atomic mass is 9.80. The van der Waals surface area contributed by atoms with Crippen LogP contribution in [0.15, 0.2) is 48.5 Å². The van der Waals surface area contributed by atoms with E-state index in [0.717, 1.165) is 12.1 Å². The molecule has 0 fully saturated rings. The number of hydrogen-bond donors (Lipinski definition) is 2. The number of hydrogen-bond acceptors (Lipinski definition) is 3. The van der Waals surface area contributed by atoms with Gasteiger partial charge in [0.1, 0.15) is 11.5 Å². The summed E-state index contributed by atoms with van der Waals surface area (Å²) in [5.41, 5.74) is -0.622. The van der Waals surface area contributed by atoms with Crippen LogP contribution in [0.4, 0.5) is 13.2 Å². The Morgan fingerprint density at radius 1 is 0.900 bits per heavy atom. The number of rotatable bonds is 3. The van der Waals surface area contributed by atoms with Gasteiger partial charge in [0.05, 0.1) is 5.56 Å². The second-order valence-electron chi connectivity index (χ2n) is 4.07. The lowest BCUT2D eigenvalue weighted by Gasteiger charge is -2.10. The van der Waals surface area contributed by atoms with E-state index in [1.54, 1.807) is 0 Å². The second-order valence-corrected chi connectivity index (χ2v) is 4.07. The van der Waals surface area contributed by atoms with Gasteiger partial charge in [0.2, 0.25) is 0 Å². The number of alkyl halides is 3. The molecule has 0 saturated heterocycles. The smallest absolute Gasteiger partial charge is 0.457 e. The molecular weight excluding hydrogens is 272 g/mol. The lowest BCUT2D eigenvalue weighted by Crippen LogP contribution is -2.29. The molecule has 2 aromatic carbocycles. The Balaban J connectivity index is 2.24. The highest BCUT2D eigenvalue weighted by Gasteiger charge is 2.30. The summed E-state index contributed by atoms with van der Waals surface area (Å²) in [7, 11) is -1.67. The van der Waals surface area contributed by atoms with Crippen molar-refractivity contribution < 1.29 is 28.0 Å². The second kappa shape index (κ2) is 5.56.